The van der Waals surface area contributed by atoms with Gasteiger partial charge >= 0.3 is 0 Å². The normalized spacial score (nSPS) is 12.0. The largest absolute Gasteiger partial charge is 0.252 e. The van der Waals surface area contributed by atoms with Gasteiger partial charge in [0.25, 0.3) is 10.0 Å². The molecule has 0 aliphatic heterocycles. The molecule has 6 heteroatoms. The Morgan fingerprint density at radius 3 is 2.58 bits per heavy atom. The quantitative estimate of drug-likeness (QED) is 0.835. The molecular weight excluding hydrogens is 346 g/mol. The minimum absolute atomic E-state index is 0.360. The van der Waals surface area contributed by atoms with Crippen molar-refractivity contribution in [2.45, 2.75) is 17.7 Å². The first kappa shape index (κ1) is 14.7. The lowest BCUT2D eigenvalue weighted by Crippen LogP contribution is -2.25. The highest BCUT2D eigenvalue weighted by Gasteiger charge is 2.22. The zero-order valence-electron chi connectivity index (χ0n) is 10.6. The van der Waals surface area contributed by atoms with Gasteiger partial charge in [-0.1, -0.05) is 28.1 Å². The molecule has 0 saturated heterocycles. The van der Waals surface area contributed by atoms with E-state index in [0.29, 0.717) is 10.8 Å². The van der Waals surface area contributed by atoms with E-state index in [2.05, 4.69) is 15.9 Å². The maximum absolute atomic E-state index is 12.4. The van der Waals surface area contributed by atoms with Crippen molar-refractivity contribution in [2.24, 2.45) is 0 Å². The molecule has 1 aromatic heterocycles. The average Bonchev–Trinajstić information content (AvgIpc) is 2.76. The summed E-state index contributed by atoms with van der Waals surface area (Å²) in [6, 6.07) is 11.1. The van der Waals surface area contributed by atoms with Crippen LogP contribution in [-0.2, 0) is 16.6 Å². The molecule has 0 N–H and O–H groups in total. The summed E-state index contributed by atoms with van der Waals surface area (Å²) in [4.78, 5) is 0.995. The van der Waals surface area contributed by atoms with Crippen molar-refractivity contribution in [3.8, 4) is 0 Å². The topological polar surface area (TPSA) is 37.4 Å². The molecule has 0 atom stereocenters. The van der Waals surface area contributed by atoms with Crippen LogP contribution in [0.25, 0.3) is 0 Å². The summed E-state index contributed by atoms with van der Waals surface area (Å²) in [5.41, 5.74) is 0.953. The van der Waals surface area contributed by atoms with Crippen molar-refractivity contribution in [1.82, 2.24) is 4.31 Å². The summed E-state index contributed by atoms with van der Waals surface area (Å²) in [5.74, 6) is 0. The minimum atomic E-state index is -3.39. The summed E-state index contributed by atoms with van der Waals surface area (Å²) in [6.45, 7) is 2.26. The molecule has 0 saturated carbocycles. The standard InChI is InChI=1S/C13H14BrNO2S2/c1-10-6-7-13(18-10)19(16,17)15(2)9-11-4-3-5-12(14)8-11/h3-8H,9H2,1-2H3. The monoisotopic (exact) mass is 359 g/mol. The molecule has 3 nitrogen and oxygen atoms in total. The molecule has 1 heterocycles. The fourth-order valence-corrected chi connectivity index (χ4v) is 4.78. The Morgan fingerprint density at radius 1 is 1.26 bits per heavy atom. The number of hydrogen-bond donors (Lipinski definition) is 0. The lowest BCUT2D eigenvalue weighted by Gasteiger charge is -2.16. The van der Waals surface area contributed by atoms with Crippen LogP contribution in [0.3, 0.4) is 0 Å². The third kappa shape index (κ3) is 3.45. The molecular formula is C13H14BrNO2S2. The molecule has 0 radical (unpaired) electrons. The molecule has 0 amide bonds. The van der Waals surface area contributed by atoms with Crippen LogP contribution >= 0.6 is 27.3 Å². The number of aryl methyl sites for hydroxylation is 1. The predicted octanol–water partition coefficient (Wildman–Crippen LogP) is 3.64. The van der Waals surface area contributed by atoms with Gasteiger partial charge in [-0.25, -0.2) is 8.42 Å². The van der Waals surface area contributed by atoms with Gasteiger partial charge in [-0.3, -0.25) is 0 Å². The molecule has 1 aromatic carbocycles. The molecule has 2 aromatic rings. The predicted molar refractivity (Wildman–Crippen MR) is 81.9 cm³/mol. The van der Waals surface area contributed by atoms with E-state index in [9.17, 15) is 8.42 Å². The van der Waals surface area contributed by atoms with Gasteiger partial charge < -0.3 is 0 Å². The van der Waals surface area contributed by atoms with Crippen LogP contribution in [0.2, 0.25) is 0 Å². The fraction of sp³-hybridized carbons (Fsp3) is 0.231. The van der Waals surface area contributed by atoms with Gasteiger partial charge in [-0.05, 0) is 36.8 Å². The number of halogens is 1. The molecule has 2 rings (SSSR count). The molecule has 0 spiro atoms. The van der Waals surface area contributed by atoms with Crippen molar-refractivity contribution in [2.75, 3.05) is 7.05 Å². The number of nitrogens with zero attached hydrogens (tertiary/aromatic N) is 1. The maximum atomic E-state index is 12.4. The summed E-state index contributed by atoms with van der Waals surface area (Å²) in [5, 5.41) is 0. The van der Waals surface area contributed by atoms with E-state index >= 15 is 0 Å². The molecule has 19 heavy (non-hydrogen) atoms. The lowest BCUT2D eigenvalue weighted by molar-refractivity contribution is 0.468. The molecule has 0 bridgehead atoms. The Morgan fingerprint density at radius 2 is 2.00 bits per heavy atom. The van der Waals surface area contributed by atoms with Gasteiger partial charge in [-0.2, -0.15) is 4.31 Å². The highest BCUT2D eigenvalue weighted by molar-refractivity contribution is 9.10. The number of benzene rings is 1. The third-order valence-corrected chi connectivity index (χ3v) is 6.44. The minimum Gasteiger partial charge on any atom is -0.206 e. The molecule has 0 unspecified atom stereocenters. The summed E-state index contributed by atoms with van der Waals surface area (Å²) in [7, 11) is -1.79. The second-order valence-electron chi connectivity index (χ2n) is 4.26. The first-order chi connectivity index (χ1) is 8.89. The van der Waals surface area contributed by atoms with E-state index in [1.165, 1.54) is 15.6 Å². The summed E-state index contributed by atoms with van der Waals surface area (Å²) >= 11 is 4.68. The fourth-order valence-electron chi connectivity index (χ4n) is 1.68. The summed E-state index contributed by atoms with van der Waals surface area (Å²) < 4.78 is 27.4. The molecule has 102 valence electrons. The van der Waals surface area contributed by atoms with Gasteiger partial charge in [-0.15, -0.1) is 11.3 Å². The zero-order valence-corrected chi connectivity index (χ0v) is 13.8. The van der Waals surface area contributed by atoms with Crippen molar-refractivity contribution in [1.29, 1.82) is 0 Å². The van der Waals surface area contributed by atoms with E-state index in [0.717, 1.165) is 14.9 Å². The van der Waals surface area contributed by atoms with Gasteiger partial charge in [0.05, 0.1) is 0 Å². The van der Waals surface area contributed by atoms with Gasteiger partial charge in [0.1, 0.15) is 4.21 Å². The first-order valence-corrected chi connectivity index (χ1v) is 8.72. The van der Waals surface area contributed by atoms with Crippen molar-refractivity contribution < 1.29 is 8.42 Å². The van der Waals surface area contributed by atoms with Crippen LogP contribution in [0, 0.1) is 6.92 Å². The van der Waals surface area contributed by atoms with Crippen LogP contribution in [0.1, 0.15) is 10.4 Å². The summed E-state index contributed by atoms with van der Waals surface area (Å²) in [6.07, 6.45) is 0. The van der Waals surface area contributed by atoms with Crippen LogP contribution in [0.5, 0.6) is 0 Å². The van der Waals surface area contributed by atoms with Crippen LogP contribution < -0.4 is 0 Å². The van der Waals surface area contributed by atoms with E-state index in [4.69, 9.17) is 0 Å². The highest BCUT2D eigenvalue weighted by atomic mass is 79.9. The Bertz CT molecular complexity index is 679. The molecule has 0 aliphatic rings. The van der Waals surface area contributed by atoms with Crippen LogP contribution in [-0.4, -0.2) is 19.8 Å². The Kier molecular flexibility index (Phi) is 4.45. The van der Waals surface area contributed by atoms with E-state index in [-0.39, 0.29) is 0 Å². The Hall–Kier alpha value is -0.690. The smallest absolute Gasteiger partial charge is 0.206 e. The molecule has 0 fully saturated rings. The maximum Gasteiger partial charge on any atom is 0.252 e. The second-order valence-corrected chi connectivity index (χ2v) is 8.73. The number of hydrogen-bond acceptors (Lipinski definition) is 3. The number of rotatable bonds is 4. The lowest BCUT2D eigenvalue weighted by atomic mass is 10.2. The highest BCUT2D eigenvalue weighted by Crippen LogP contribution is 2.24. The zero-order chi connectivity index (χ0) is 14.0. The Balaban J connectivity index is 2.22. The van der Waals surface area contributed by atoms with Crippen molar-refractivity contribution >= 4 is 37.3 Å². The van der Waals surface area contributed by atoms with Crippen molar-refractivity contribution in [3.05, 3.63) is 51.3 Å². The molecule has 0 aliphatic carbocycles. The van der Waals surface area contributed by atoms with Gasteiger partial charge in [0.15, 0.2) is 0 Å². The first-order valence-electron chi connectivity index (χ1n) is 5.67. The SMILES string of the molecule is Cc1ccc(S(=O)(=O)N(C)Cc2cccc(Br)c2)s1. The average molecular weight is 360 g/mol. The Labute approximate surface area is 126 Å². The van der Waals surface area contributed by atoms with Crippen molar-refractivity contribution in [3.63, 3.8) is 0 Å². The van der Waals surface area contributed by atoms with E-state index in [1.54, 1.807) is 13.1 Å². The van der Waals surface area contributed by atoms with E-state index < -0.39 is 10.0 Å². The number of sulfonamides is 1. The number of thiophene rings is 1. The van der Waals surface area contributed by atoms with Crippen LogP contribution in [0.15, 0.2) is 45.1 Å². The van der Waals surface area contributed by atoms with Gasteiger partial charge in [0.2, 0.25) is 0 Å². The third-order valence-electron chi connectivity index (χ3n) is 2.67. The van der Waals surface area contributed by atoms with E-state index in [1.807, 2.05) is 37.3 Å². The van der Waals surface area contributed by atoms with Crippen LogP contribution in [0.4, 0.5) is 0 Å². The second kappa shape index (κ2) is 5.75. The van der Waals surface area contributed by atoms with Gasteiger partial charge in [0, 0.05) is 22.9 Å².